The quantitative estimate of drug-likeness (QED) is 0.615. The summed E-state index contributed by atoms with van der Waals surface area (Å²) in [4.78, 5) is 17.9. The number of hydrogen-bond donors (Lipinski definition) is 2. The Morgan fingerprint density at radius 3 is 2.21 bits per heavy atom. The molecule has 2 amide bonds. The molecule has 5 aliphatic rings. The minimum Gasteiger partial charge on any atom is -0.395 e. The van der Waals surface area contributed by atoms with Gasteiger partial charge in [0.2, 0.25) is 0 Å². The van der Waals surface area contributed by atoms with Crippen molar-refractivity contribution in [2.75, 3.05) is 33.4 Å². The monoisotopic (exact) mass is 471 g/mol. The number of methoxy groups -OCH3 is 1. The van der Waals surface area contributed by atoms with E-state index in [0.29, 0.717) is 35.8 Å². The van der Waals surface area contributed by atoms with E-state index < -0.39 is 0 Å². The molecule has 2 N–H and O–H groups in total. The predicted molar refractivity (Wildman–Crippen MR) is 133 cm³/mol. The van der Waals surface area contributed by atoms with Crippen molar-refractivity contribution in [3.63, 3.8) is 0 Å². The number of hydrogen-bond acceptors (Lipinski definition) is 4. The number of ether oxygens (including phenoxy) is 1. The number of nitrogens with zero attached hydrogens (tertiary/aromatic N) is 2. The topological polar surface area (TPSA) is 65.0 Å². The highest BCUT2D eigenvalue weighted by atomic mass is 16.5. The van der Waals surface area contributed by atoms with Gasteiger partial charge >= 0.3 is 6.03 Å². The van der Waals surface area contributed by atoms with Crippen LogP contribution in [0.1, 0.15) is 77.0 Å². The molecule has 0 unspecified atom stereocenters. The maximum atomic E-state index is 13.3. The van der Waals surface area contributed by atoms with Gasteiger partial charge in [0.1, 0.15) is 0 Å². The summed E-state index contributed by atoms with van der Waals surface area (Å²) < 4.78 is 5.49. The Morgan fingerprint density at radius 1 is 0.941 bits per heavy atom. The molecule has 2 aliphatic heterocycles. The summed E-state index contributed by atoms with van der Waals surface area (Å²) in [5, 5.41) is 13.6. The van der Waals surface area contributed by atoms with Crippen LogP contribution in [0.15, 0.2) is 0 Å². The van der Waals surface area contributed by atoms with E-state index >= 15 is 0 Å². The van der Waals surface area contributed by atoms with E-state index in [1.807, 2.05) is 0 Å². The second-order valence-corrected chi connectivity index (χ2v) is 11.6. The smallest absolute Gasteiger partial charge is 0.317 e. The molecule has 0 spiro atoms. The Morgan fingerprint density at radius 2 is 1.59 bits per heavy atom. The van der Waals surface area contributed by atoms with E-state index in [4.69, 9.17) is 4.74 Å². The van der Waals surface area contributed by atoms with Crippen LogP contribution in [-0.2, 0) is 4.74 Å². The number of rotatable bonds is 4. The van der Waals surface area contributed by atoms with Crippen LogP contribution in [-0.4, -0.2) is 78.5 Å². The molecule has 5 rings (SSSR count). The minimum absolute atomic E-state index is 0.118. The van der Waals surface area contributed by atoms with Crippen LogP contribution >= 0.6 is 0 Å². The Hall–Kier alpha value is -1.29. The number of nitrogens with one attached hydrogen (secondary N) is 1. The van der Waals surface area contributed by atoms with E-state index in [9.17, 15) is 9.90 Å². The molecule has 3 atom stereocenters. The summed E-state index contributed by atoms with van der Waals surface area (Å²) in [5.41, 5.74) is 0. The van der Waals surface area contributed by atoms with Gasteiger partial charge in [-0.25, -0.2) is 4.79 Å². The summed E-state index contributed by atoms with van der Waals surface area (Å²) >= 11 is 0. The Kier molecular flexibility index (Phi) is 8.03. The molecule has 2 heterocycles. The number of fused-ring (bicyclic) bond motifs is 1. The first kappa shape index (κ1) is 24.4. The van der Waals surface area contributed by atoms with Crippen LogP contribution in [0.2, 0.25) is 0 Å². The number of aliphatic hydroxyl groups is 1. The Bertz CT molecular complexity index is 744. The molecule has 5 fully saturated rings. The second kappa shape index (κ2) is 11.2. The molecular weight excluding hydrogens is 426 g/mol. The maximum Gasteiger partial charge on any atom is 0.317 e. The van der Waals surface area contributed by atoms with Gasteiger partial charge in [-0.05, 0) is 95.4 Å². The molecule has 0 bridgehead atoms. The summed E-state index contributed by atoms with van der Waals surface area (Å²) in [6, 6.07) is 1.06. The minimum atomic E-state index is 0.118. The van der Waals surface area contributed by atoms with Gasteiger partial charge in [0, 0.05) is 50.2 Å². The SMILES string of the molecule is COC1CCC(NC(=O)N2CCCCN3[C@H](CO)[C@H](C4CCC(C#CC5CC5)CC4)[C@@H]3C2)CC1. The van der Waals surface area contributed by atoms with Gasteiger partial charge in [0.15, 0.2) is 0 Å². The van der Waals surface area contributed by atoms with Crippen LogP contribution in [0.3, 0.4) is 0 Å². The first-order chi connectivity index (χ1) is 16.7. The number of urea groups is 1. The first-order valence-electron chi connectivity index (χ1n) is 14.1. The number of carbonyl (C=O) groups is 1. The fraction of sp³-hybridized carbons (Fsp3) is 0.893. The van der Waals surface area contributed by atoms with E-state index in [-0.39, 0.29) is 24.7 Å². The molecule has 6 nitrogen and oxygen atoms in total. The van der Waals surface area contributed by atoms with E-state index in [2.05, 4.69) is 27.0 Å². The molecule has 34 heavy (non-hydrogen) atoms. The third kappa shape index (κ3) is 5.58. The lowest BCUT2D eigenvalue weighted by Gasteiger charge is -2.60. The third-order valence-corrected chi connectivity index (χ3v) is 9.44. The van der Waals surface area contributed by atoms with Gasteiger partial charge in [-0.3, -0.25) is 4.90 Å². The third-order valence-electron chi connectivity index (χ3n) is 9.44. The highest BCUT2D eigenvalue weighted by molar-refractivity contribution is 5.74. The van der Waals surface area contributed by atoms with Gasteiger partial charge in [0.25, 0.3) is 0 Å². The summed E-state index contributed by atoms with van der Waals surface area (Å²) in [5.74, 6) is 9.48. The lowest BCUT2D eigenvalue weighted by atomic mass is 9.65. The molecule has 0 radical (unpaired) electrons. The van der Waals surface area contributed by atoms with Crippen molar-refractivity contribution < 1.29 is 14.6 Å². The lowest BCUT2D eigenvalue weighted by molar-refractivity contribution is -0.123. The van der Waals surface area contributed by atoms with E-state index in [1.54, 1.807) is 7.11 Å². The van der Waals surface area contributed by atoms with Crippen molar-refractivity contribution in [1.29, 1.82) is 0 Å². The van der Waals surface area contributed by atoms with Gasteiger partial charge < -0.3 is 20.1 Å². The van der Waals surface area contributed by atoms with Crippen molar-refractivity contribution in [2.24, 2.45) is 23.7 Å². The van der Waals surface area contributed by atoms with Crippen molar-refractivity contribution in [2.45, 2.75) is 101 Å². The summed E-state index contributed by atoms with van der Waals surface area (Å²) in [6.45, 7) is 2.97. The van der Waals surface area contributed by atoms with Crippen LogP contribution in [0.4, 0.5) is 4.79 Å². The zero-order valence-electron chi connectivity index (χ0n) is 21.1. The largest absolute Gasteiger partial charge is 0.395 e. The Labute approximate surface area is 206 Å². The molecule has 0 aromatic heterocycles. The maximum absolute atomic E-state index is 13.3. The number of amides is 2. The highest BCUT2D eigenvalue weighted by Gasteiger charge is 2.52. The molecule has 0 aromatic carbocycles. The van der Waals surface area contributed by atoms with E-state index in [1.165, 1.54) is 38.5 Å². The van der Waals surface area contributed by atoms with Crippen molar-refractivity contribution >= 4 is 6.03 Å². The molecule has 6 heteroatoms. The van der Waals surface area contributed by atoms with E-state index in [0.717, 1.165) is 58.2 Å². The normalized spacial score (nSPS) is 39.0. The zero-order chi connectivity index (χ0) is 23.5. The number of carbonyl (C=O) groups excluding carboxylic acids is 1. The second-order valence-electron chi connectivity index (χ2n) is 11.6. The predicted octanol–water partition coefficient (Wildman–Crippen LogP) is 3.63. The summed E-state index contributed by atoms with van der Waals surface area (Å²) in [7, 11) is 1.79. The average Bonchev–Trinajstić information content (AvgIpc) is 3.67. The van der Waals surface area contributed by atoms with Crippen molar-refractivity contribution in [1.82, 2.24) is 15.1 Å². The number of aliphatic hydroxyl groups excluding tert-OH is 1. The van der Waals surface area contributed by atoms with Gasteiger partial charge in [-0.1, -0.05) is 11.8 Å². The van der Waals surface area contributed by atoms with Crippen LogP contribution in [0, 0.1) is 35.5 Å². The van der Waals surface area contributed by atoms with Gasteiger partial charge in [-0.15, -0.1) is 0 Å². The average molecular weight is 472 g/mol. The Balaban J connectivity index is 1.18. The van der Waals surface area contributed by atoms with Crippen LogP contribution in [0.25, 0.3) is 0 Å². The molecule has 190 valence electrons. The van der Waals surface area contributed by atoms with Crippen LogP contribution < -0.4 is 5.32 Å². The standard InChI is InChI=1S/C28H45N3O3/c1-34-24-14-12-23(13-15-24)29-28(33)30-16-2-3-17-31-25(18-30)27(26(31)19-32)22-10-8-21(9-11-22)7-6-20-4-5-20/h20-27,32H,2-5,8-19H2,1H3,(H,29,33)/t21?,22?,23?,24?,25-,26+,27+/m0/s1. The molecular formula is C28H45N3O3. The lowest BCUT2D eigenvalue weighted by Crippen LogP contribution is -2.71. The van der Waals surface area contributed by atoms with Gasteiger partial charge in [0.05, 0.1) is 12.7 Å². The fourth-order valence-electron chi connectivity index (χ4n) is 7.18. The van der Waals surface area contributed by atoms with Crippen molar-refractivity contribution in [3.05, 3.63) is 0 Å². The van der Waals surface area contributed by atoms with Crippen LogP contribution in [0.5, 0.6) is 0 Å². The molecule has 3 aliphatic carbocycles. The zero-order valence-corrected chi connectivity index (χ0v) is 21.1. The summed E-state index contributed by atoms with van der Waals surface area (Å²) in [6.07, 6.45) is 14.1. The first-order valence-corrected chi connectivity index (χ1v) is 14.1. The highest BCUT2D eigenvalue weighted by Crippen LogP contribution is 2.45. The fourth-order valence-corrected chi connectivity index (χ4v) is 7.18. The van der Waals surface area contributed by atoms with Gasteiger partial charge in [-0.2, -0.15) is 0 Å². The van der Waals surface area contributed by atoms with Crippen molar-refractivity contribution in [3.8, 4) is 11.8 Å². The molecule has 0 aromatic rings. The molecule has 2 saturated heterocycles. The molecule has 3 saturated carbocycles.